The van der Waals surface area contributed by atoms with Crippen LogP contribution in [0.3, 0.4) is 0 Å². The number of benzene rings is 1. The molecule has 3 fully saturated rings. The summed E-state index contributed by atoms with van der Waals surface area (Å²) in [4.78, 5) is 11.4. The lowest BCUT2D eigenvalue weighted by Crippen LogP contribution is -2.46. The van der Waals surface area contributed by atoms with Crippen LogP contribution in [-0.4, -0.2) is 25.6 Å². The van der Waals surface area contributed by atoms with Gasteiger partial charge in [-0.05, 0) is 92.1 Å². The molecule has 0 bridgehead atoms. The molecule has 0 radical (unpaired) electrons. The minimum absolute atomic E-state index is 0.00232. The Labute approximate surface area is 148 Å². The highest BCUT2D eigenvalue weighted by atomic mass is 19.1. The molecule has 2 aliphatic carbocycles. The first-order valence-corrected chi connectivity index (χ1v) is 9.47. The van der Waals surface area contributed by atoms with Crippen molar-refractivity contribution in [1.29, 1.82) is 0 Å². The fourth-order valence-electron chi connectivity index (χ4n) is 4.70. The second-order valence-corrected chi connectivity index (χ2v) is 8.21. The third-order valence-electron chi connectivity index (χ3n) is 6.23. The second-order valence-electron chi connectivity index (χ2n) is 8.21. The molecule has 3 N–H and O–H groups in total. The Morgan fingerprint density at radius 3 is 2.64 bits per heavy atom. The van der Waals surface area contributed by atoms with E-state index in [0.29, 0.717) is 23.9 Å². The van der Waals surface area contributed by atoms with Crippen LogP contribution in [0.5, 0.6) is 0 Å². The number of piperidine rings is 1. The van der Waals surface area contributed by atoms with Gasteiger partial charge >= 0.3 is 0 Å². The molecule has 2 saturated carbocycles. The predicted molar refractivity (Wildman–Crippen MR) is 93.8 cm³/mol. The first kappa shape index (κ1) is 17.0. The highest BCUT2D eigenvalue weighted by Crippen LogP contribution is 2.51. The van der Waals surface area contributed by atoms with E-state index in [9.17, 15) is 9.18 Å². The molecule has 1 amide bonds. The van der Waals surface area contributed by atoms with Crippen molar-refractivity contribution in [2.75, 3.05) is 19.7 Å². The van der Waals surface area contributed by atoms with E-state index in [2.05, 4.69) is 5.32 Å². The van der Waals surface area contributed by atoms with Gasteiger partial charge < -0.3 is 15.8 Å². The Balaban J connectivity index is 1.34. The van der Waals surface area contributed by atoms with Gasteiger partial charge in [0.1, 0.15) is 5.82 Å². The minimum Gasteiger partial charge on any atom is -0.376 e. The number of carbonyl (C=O) groups is 1. The number of halogens is 1. The summed E-state index contributed by atoms with van der Waals surface area (Å²) in [7, 11) is 0. The molecule has 1 saturated heterocycles. The van der Waals surface area contributed by atoms with Crippen molar-refractivity contribution in [3.05, 3.63) is 34.6 Å². The minimum atomic E-state index is -0.700. The van der Waals surface area contributed by atoms with Gasteiger partial charge in [0.05, 0.1) is 12.2 Å². The van der Waals surface area contributed by atoms with E-state index in [1.54, 1.807) is 6.07 Å². The SMILES string of the molecule is NC(=O)c1cc(C2CC2)c(COCC2CC3(CCNCC3)C2)cc1F. The van der Waals surface area contributed by atoms with Crippen LogP contribution < -0.4 is 11.1 Å². The average Bonchev–Trinajstić information content (AvgIpc) is 3.39. The van der Waals surface area contributed by atoms with E-state index < -0.39 is 11.7 Å². The van der Waals surface area contributed by atoms with E-state index in [4.69, 9.17) is 10.5 Å². The van der Waals surface area contributed by atoms with Gasteiger partial charge in [-0.3, -0.25) is 4.79 Å². The maximum absolute atomic E-state index is 14.1. The standard InChI is InChI=1S/C20H27FN2O2/c21-18-7-15(16(14-1-2-14)8-17(18)19(22)24)12-25-11-13-9-20(10-13)3-5-23-6-4-20/h7-8,13-14,23H,1-6,9-12H2,(H2,22,24). The first-order chi connectivity index (χ1) is 12.1. The van der Waals surface area contributed by atoms with Crippen molar-refractivity contribution in [2.24, 2.45) is 17.1 Å². The maximum atomic E-state index is 14.1. The normalized spacial score (nSPS) is 22.8. The monoisotopic (exact) mass is 346 g/mol. The number of rotatable bonds is 6. The zero-order valence-corrected chi connectivity index (χ0v) is 14.7. The highest BCUT2D eigenvalue weighted by Gasteiger charge is 2.44. The maximum Gasteiger partial charge on any atom is 0.251 e. The number of amides is 1. The first-order valence-electron chi connectivity index (χ1n) is 9.47. The summed E-state index contributed by atoms with van der Waals surface area (Å²) in [5.41, 5.74) is 7.75. The van der Waals surface area contributed by atoms with Crippen LogP contribution in [0.1, 0.15) is 65.9 Å². The number of nitrogens with two attached hydrogens (primary N) is 1. The van der Waals surface area contributed by atoms with Crippen LogP contribution >= 0.6 is 0 Å². The molecule has 0 unspecified atom stereocenters. The fourth-order valence-corrected chi connectivity index (χ4v) is 4.70. The van der Waals surface area contributed by atoms with Gasteiger partial charge in [0.25, 0.3) is 5.91 Å². The van der Waals surface area contributed by atoms with Crippen molar-refractivity contribution >= 4 is 5.91 Å². The van der Waals surface area contributed by atoms with Crippen LogP contribution in [0.4, 0.5) is 4.39 Å². The topological polar surface area (TPSA) is 64.4 Å². The molecule has 3 aliphatic rings. The summed E-state index contributed by atoms with van der Waals surface area (Å²) < 4.78 is 20.0. The second kappa shape index (κ2) is 6.69. The molecular formula is C20H27FN2O2. The molecule has 1 aliphatic heterocycles. The predicted octanol–water partition coefficient (Wildman–Crippen LogP) is 3.10. The fraction of sp³-hybridized carbons (Fsp3) is 0.650. The summed E-state index contributed by atoms with van der Waals surface area (Å²) in [6.45, 7) is 3.46. The summed E-state index contributed by atoms with van der Waals surface area (Å²) in [6, 6.07) is 3.09. The highest BCUT2D eigenvalue weighted by molar-refractivity contribution is 5.93. The Bertz CT molecular complexity index is 658. The lowest BCUT2D eigenvalue weighted by molar-refractivity contribution is -0.0347. The van der Waals surface area contributed by atoms with Crippen molar-refractivity contribution in [3.8, 4) is 0 Å². The number of carbonyl (C=O) groups excluding carboxylic acids is 1. The van der Waals surface area contributed by atoms with Crippen LogP contribution in [0, 0.1) is 17.2 Å². The number of ether oxygens (including phenoxy) is 1. The summed E-state index contributed by atoms with van der Waals surface area (Å²) in [5, 5.41) is 3.43. The third kappa shape index (κ3) is 3.58. The Morgan fingerprint density at radius 2 is 2.00 bits per heavy atom. The zero-order chi connectivity index (χ0) is 17.4. The molecule has 1 heterocycles. The summed E-state index contributed by atoms with van der Waals surface area (Å²) in [6.07, 6.45) is 7.29. The van der Waals surface area contributed by atoms with E-state index >= 15 is 0 Å². The average molecular weight is 346 g/mol. The van der Waals surface area contributed by atoms with Crippen molar-refractivity contribution in [1.82, 2.24) is 5.32 Å². The van der Waals surface area contributed by atoms with Gasteiger partial charge in [0.15, 0.2) is 0 Å². The van der Waals surface area contributed by atoms with E-state index in [1.165, 1.54) is 31.7 Å². The molecule has 1 spiro atoms. The van der Waals surface area contributed by atoms with Gasteiger partial charge in [0, 0.05) is 6.61 Å². The number of primary amides is 1. The Hall–Kier alpha value is -1.46. The van der Waals surface area contributed by atoms with Crippen molar-refractivity contribution in [3.63, 3.8) is 0 Å². The van der Waals surface area contributed by atoms with Gasteiger partial charge in [-0.25, -0.2) is 4.39 Å². The van der Waals surface area contributed by atoms with Crippen LogP contribution in [-0.2, 0) is 11.3 Å². The van der Waals surface area contributed by atoms with Gasteiger partial charge in [0.2, 0.25) is 0 Å². The molecule has 0 atom stereocenters. The van der Waals surface area contributed by atoms with E-state index in [0.717, 1.165) is 43.7 Å². The van der Waals surface area contributed by atoms with Crippen molar-refractivity contribution < 1.29 is 13.9 Å². The van der Waals surface area contributed by atoms with E-state index in [-0.39, 0.29) is 5.56 Å². The Morgan fingerprint density at radius 1 is 1.28 bits per heavy atom. The third-order valence-corrected chi connectivity index (χ3v) is 6.23. The Kier molecular flexibility index (Phi) is 4.54. The van der Waals surface area contributed by atoms with Gasteiger partial charge in [-0.2, -0.15) is 0 Å². The molecule has 1 aromatic rings. The van der Waals surface area contributed by atoms with E-state index in [1.807, 2.05) is 0 Å². The molecule has 4 rings (SSSR count). The quantitative estimate of drug-likeness (QED) is 0.832. The van der Waals surface area contributed by atoms with Crippen LogP contribution in [0.2, 0.25) is 0 Å². The smallest absolute Gasteiger partial charge is 0.251 e. The van der Waals surface area contributed by atoms with Crippen LogP contribution in [0.15, 0.2) is 12.1 Å². The number of hydrogen-bond acceptors (Lipinski definition) is 3. The lowest BCUT2D eigenvalue weighted by Gasteiger charge is -2.50. The summed E-state index contributed by atoms with van der Waals surface area (Å²) in [5.74, 6) is -0.169. The largest absolute Gasteiger partial charge is 0.376 e. The van der Waals surface area contributed by atoms with Gasteiger partial charge in [-0.15, -0.1) is 0 Å². The zero-order valence-electron chi connectivity index (χ0n) is 14.7. The summed E-state index contributed by atoms with van der Waals surface area (Å²) >= 11 is 0. The molecule has 4 nitrogen and oxygen atoms in total. The molecule has 136 valence electrons. The molecule has 5 heteroatoms. The molecule has 25 heavy (non-hydrogen) atoms. The number of hydrogen-bond donors (Lipinski definition) is 2. The van der Waals surface area contributed by atoms with Crippen LogP contribution in [0.25, 0.3) is 0 Å². The van der Waals surface area contributed by atoms with Crippen molar-refractivity contribution in [2.45, 2.75) is 51.0 Å². The molecule has 0 aromatic heterocycles. The lowest BCUT2D eigenvalue weighted by atomic mass is 9.58. The number of nitrogens with one attached hydrogen (secondary N) is 1. The van der Waals surface area contributed by atoms with Gasteiger partial charge in [-0.1, -0.05) is 0 Å². The molecule has 1 aromatic carbocycles. The molecular weight excluding hydrogens is 319 g/mol.